The number of carbonyl (C=O) groups is 1. The van der Waals surface area contributed by atoms with Gasteiger partial charge in [-0.15, -0.1) is 0 Å². The molecular formula is C28H36F3NO2. The Balaban J connectivity index is 1.57. The number of halogens is 3. The Morgan fingerprint density at radius 3 is 2.32 bits per heavy atom. The molecule has 3 nitrogen and oxygen atoms in total. The van der Waals surface area contributed by atoms with Crippen molar-refractivity contribution in [3.63, 3.8) is 0 Å². The summed E-state index contributed by atoms with van der Waals surface area (Å²) < 4.78 is 44.0. The van der Waals surface area contributed by atoms with E-state index >= 15 is 0 Å². The van der Waals surface area contributed by atoms with Gasteiger partial charge in [-0.2, -0.15) is 13.2 Å². The monoisotopic (exact) mass is 475 g/mol. The molecule has 1 fully saturated rings. The predicted octanol–water partition coefficient (Wildman–Crippen LogP) is 7.11. The Bertz CT molecular complexity index is 909. The number of rotatable bonds is 9. The minimum absolute atomic E-state index is 0.149. The van der Waals surface area contributed by atoms with Gasteiger partial charge in [0.25, 0.3) is 0 Å². The van der Waals surface area contributed by atoms with Crippen LogP contribution in [0.3, 0.4) is 0 Å². The van der Waals surface area contributed by atoms with Crippen molar-refractivity contribution in [3.05, 3.63) is 65.2 Å². The highest BCUT2D eigenvalue weighted by Crippen LogP contribution is 2.31. The number of hydrogen-bond acceptors (Lipinski definition) is 2. The Hall–Kier alpha value is -2.50. The van der Waals surface area contributed by atoms with Gasteiger partial charge in [-0.3, -0.25) is 4.79 Å². The fraction of sp³-hybridized carbons (Fsp3) is 0.536. The Morgan fingerprint density at radius 1 is 1.06 bits per heavy atom. The number of likely N-dealkylation sites (tertiary alicyclic amines) is 1. The van der Waals surface area contributed by atoms with Gasteiger partial charge >= 0.3 is 6.18 Å². The standard InChI is InChI=1S/C28H36F3NO2/c1-4-20(3)17-21-8-10-23(11-9-21)26(5-2)27(33)32-16-6-7-22(18-32)19-34-25-14-12-24(13-15-25)28(29,30)31/h8-15,20,22,26H,4-7,16-19H2,1-3H3. The fourth-order valence-corrected chi connectivity index (χ4v) is 4.56. The molecule has 0 bridgehead atoms. The second-order valence-electron chi connectivity index (χ2n) is 9.55. The van der Waals surface area contributed by atoms with Crippen LogP contribution in [-0.2, 0) is 17.4 Å². The quantitative estimate of drug-likeness (QED) is 0.387. The number of nitrogens with zero attached hydrogens (tertiary/aromatic N) is 1. The molecule has 3 atom stereocenters. The molecule has 1 amide bonds. The lowest BCUT2D eigenvalue weighted by Crippen LogP contribution is -2.43. The molecular weight excluding hydrogens is 439 g/mol. The van der Waals surface area contributed by atoms with E-state index in [0.29, 0.717) is 24.8 Å². The van der Waals surface area contributed by atoms with Crippen molar-refractivity contribution in [3.8, 4) is 5.75 Å². The number of piperidine rings is 1. The second kappa shape index (κ2) is 11.8. The molecule has 3 rings (SSSR count). The van der Waals surface area contributed by atoms with E-state index < -0.39 is 11.7 Å². The first-order chi connectivity index (χ1) is 16.2. The van der Waals surface area contributed by atoms with E-state index in [4.69, 9.17) is 4.74 Å². The topological polar surface area (TPSA) is 29.5 Å². The first kappa shape index (κ1) is 26.1. The van der Waals surface area contributed by atoms with Gasteiger partial charge in [-0.05, 0) is 67.0 Å². The fourth-order valence-electron chi connectivity index (χ4n) is 4.56. The highest BCUT2D eigenvalue weighted by molar-refractivity contribution is 5.83. The van der Waals surface area contributed by atoms with Crippen LogP contribution in [0.2, 0.25) is 0 Å². The average molecular weight is 476 g/mol. The maximum absolute atomic E-state index is 13.4. The summed E-state index contributed by atoms with van der Waals surface area (Å²) in [6.45, 7) is 8.23. The van der Waals surface area contributed by atoms with E-state index in [9.17, 15) is 18.0 Å². The van der Waals surface area contributed by atoms with Gasteiger partial charge in [0.05, 0.1) is 18.1 Å². The molecule has 1 saturated heterocycles. The molecule has 1 aliphatic heterocycles. The maximum atomic E-state index is 13.4. The normalized spacial score (nSPS) is 18.4. The second-order valence-corrected chi connectivity index (χ2v) is 9.55. The van der Waals surface area contributed by atoms with Crippen molar-refractivity contribution in [2.45, 2.75) is 65.0 Å². The molecule has 2 aromatic carbocycles. The molecule has 34 heavy (non-hydrogen) atoms. The zero-order valence-electron chi connectivity index (χ0n) is 20.4. The van der Waals surface area contributed by atoms with Crippen molar-refractivity contribution in [1.29, 1.82) is 0 Å². The van der Waals surface area contributed by atoms with E-state index in [-0.39, 0.29) is 17.7 Å². The molecule has 1 heterocycles. The van der Waals surface area contributed by atoms with Crippen LogP contribution in [0.4, 0.5) is 13.2 Å². The number of ether oxygens (including phenoxy) is 1. The summed E-state index contributed by atoms with van der Waals surface area (Å²) in [7, 11) is 0. The number of alkyl halides is 3. The van der Waals surface area contributed by atoms with Crippen molar-refractivity contribution >= 4 is 5.91 Å². The molecule has 3 unspecified atom stereocenters. The smallest absolute Gasteiger partial charge is 0.416 e. The van der Waals surface area contributed by atoms with Gasteiger partial charge in [0, 0.05) is 19.0 Å². The SMILES string of the molecule is CCC(C)Cc1ccc(C(CC)C(=O)N2CCCC(COc3ccc(C(F)(F)F)cc3)C2)cc1. The molecule has 0 radical (unpaired) electrons. The number of carbonyl (C=O) groups excluding carboxylic acids is 1. The Labute approximate surface area is 201 Å². The molecule has 6 heteroatoms. The van der Waals surface area contributed by atoms with Crippen molar-refractivity contribution in [1.82, 2.24) is 4.90 Å². The minimum Gasteiger partial charge on any atom is -0.493 e. The van der Waals surface area contributed by atoms with E-state index in [0.717, 1.165) is 56.3 Å². The zero-order chi connectivity index (χ0) is 24.7. The van der Waals surface area contributed by atoms with Crippen LogP contribution in [0.25, 0.3) is 0 Å². The number of amides is 1. The van der Waals surface area contributed by atoms with Crippen LogP contribution >= 0.6 is 0 Å². The minimum atomic E-state index is -4.35. The maximum Gasteiger partial charge on any atom is 0.416 e. The van der Waals surface area contributed by atoms with Crippen molar-refractivity contribution < 1.29 is 22.7 Å². The van der Waals surface area contributed by atoms with Crippen molar-refractivity contribution in [2.75, 3.05) is 19.7 Å². The van der Waals surface area contributed by atoms with Gasteiger partial charge in [-0.1, -0.05) is 51.5 Å². The third kappa shape index (κ3) is 7.00. The summed E-state index contributed by atoms with van der Waals surface area (Å²) in [6, 6.07) is 13.3. The van der Waals surface area contributed by atoms with Crippen LogP contribution in [0.5, 0.6) is 5.75 Å². The summed E-state index contributed by atoms with van der Waals surface area (Å²) in [6.07, 6.45) is 0.424. The van der Waals surface area contributed by atoms with Gasteiger partial charge in [-0.25, -0.2) is 0 Å². The van der Waals surface area contributed by atoms with E-state index in [2.05, 4.69) is 38.1 Å². The zero-order valence-corrected chi connectivity index (χ0v) is 20.4. The predicted molar refractivity (Wildman–Crippen MR) is 129 cm³/mol. The van der Waals surface area contributed by atoms with E-state index in [1.807, 2.05) is 11.8 Å². The first-order valence-electron chi connectivity index (χ1n) is 12.4. The third-order valence-corrected chi connectivity index (χ3v) is 6.87. The molecule has 186 valence electrons. The summed E-state index contributed by atoms with van der Waals surface area (Å²) in [4.78, 5) is 15.3. The Morgan fingerprint density at radius 2 is 1.74 bits per heavy atom. The summed E-state index contributed by atoms with van der Waals surface area (Å²) >= 11 is 0. The lowest BCUT2D eigenvalue weighted by Gasteiger charge is -2.35. The summed E-state index contributed by atoms with van der Waals surface area (Å²) in [5.74, 6) is 1.21. The first-order valence-corrected chi connectivity index (χ1v) is 12.4. The van der Waals surface area contributed by atoms with Crippen LogP contribution in [-0.4, -0.2) is 30.5 Å². The Kier molecular flexibility index (Phi) is 9.03. The highest BCUT2D eigenvalue weighted by atomic mass is 19.4. The molecule has 0 saturated carbocycles. The van der Waals surface area contributed by atoms with Gasteiger partial charge in [0.1, 0.15) is 5.75 Å². The van der Waals surface area contributed by atoms with Crippen LogP contribution in [0, 0.1) is 11.8 Å². The van der Waals surface area contributed by atoms with Gasteiger partial charge in [0.2, 0.25) is 5.91 Å². The summed E-state index contributed by atoms with van der Waals surface area (Å²) in [5.41, 5.74) is 1.68. The molecule has 2 aromatic rings. The van der Waals surface area contributed by atoms with Crippen molar-refractivity contribution in [2.24, 2.45) is 11.8 Å². The van der Waals surface area contributed by atoms with E-state index in [1.165, 1.54) is 17.7 Å². The van der Waals surface area contributed by atoms with Gasteiger partial charge < -0.3 is 9.64 Å². The average Bonchev–Trinajstić information content (AvgIpc) is 2.84. The summed E-state index contributed by atoms with van der Waals surface area (Å²) in [5, 5.41) is 0. The van der Waals surface area contributed by atoms with Crippen LogP contribution < -0.4 is 4.74 Å². The van der Waals surface area contributed by atoms with Gasteiger partial charge in [0.15, 0.2) is 0 Å². The molecule has 0 spiro atoms. The molecule has 0 aromatic heterocycles. The highest BCUT2D eigenvalue weighted by Gasteiger charge is 2.31. The van der Waals surface area contributed by atoms with Crippen LogP contribution in [0.1, 0.15) is 69.1 Å². The largest absolute Gasteiger partial charge is 0.493 e. The molecule has 1 aliphatic rings. The number of benzene rings is 2. The van der Waals surface area contributed by atoms with E-state index in [1.54, 1.807) is 0 Å². The van der Waals surface area contributed by atoms with Crippen LogP contribution in [0.15, 0.2) is 48.5 Å². The number of hydrogen-bond donors (Lipinski definition) is 0. The molecule has 0 N–H and O–H groups in total. The third-order valence-electron chi connectivity index (χ3n) is 6.87. The molecule has 0 aliphatic carbocycles. The lowest BCUT2D eigenvalue weighted by molar-refractivity contribution is -0.137. The lowest BCUT2D eigenvalue weighted by atomic mass is 9.90.